The first-order chi connectivity index (χ1) is 12.0. The van der Waals surface area contributed by atoms with Crippen LogP contribution in [0.4, 0.5) is 0 Å². The number of carbonyl (C=O) groups is 3. The molecule has 2 amide bonds. The van der Waals surface area contributed by atoms with Crippen molar-refractivity contribution in [2.75, 3.05) is 26.2 Å². The van der Waals surface area contributed by atoms with Gasteiger partial charge < -0.3 is 14.9 Å². The first-order valence-corrected chi connectivity index (χ1v) is 9.76. The summed E-state index contributed by atoms with van der Waals surface area (Å²) >= 11 is 1.01. The summed E-state index contributed by atoms with van der Waals surface area (Å²) in [6, 6.07) is 3.04. The minimum atomic E-state index is -1.01. The summed E-state index contributed by atoms with van der Waals surface area (Å²) in [5.41, 5.74) is 0. The van der Waals surface area contributed by atoms with Crippen molar-refractivity contribution in [2.24, 2.45) is 5.92 Å². The molecule has 136 valence electrons. The van der Waals surface area contributed by atoms with Crippen LogP contribution >= 0.6 is 11.3 Å². The van der Waals surface area contributed by atoms with E-state index in [9.17, 15) is 14.4 Å². The monoisotopic (exact) mass is 364 g/mol. The van der Waals surface area contributed by atoms with Gasteiger partial charge in [-0.15, -0.1) is 11.3 Å². The molecular weight excluding hydrogens is 340 g/mol. The fourth-order valence-corrected chi connectivity index (χ4v) is 4.50. The maximum Gasteiger partial charge on any atom is 0.345 e. The standard InChI is InChI=1S/C18H24N2O4S/c21-16(12-13-4-1-2-5-13)19-8-3-9-20(11-10-19)17(22)14-6-7-15(25-14)18(23)24/h6-7,13H,1-5,8-12H2,(H,23,24). The number of hydrogen-bond donors (Lipinski definition) is 1. The Labute approximate surface area is 151 Å². The summed E-state index contributed by atoms with van der Waals surface area (Å²) in [4.78, 5) is 40.3. The largest absolute Gasteiger partial charge is 0.477 e. The van der Waals surface area contributed by atoms with Gasteiger partial charge in [-0.25, -0.2) is 4.79 Å². The molecule has 0 radical (unpaired) electrons. The number of rotatable bonds is 4. The fourth-order valence-electron chi connectivity index (χ4n) is 3.68. The number of carboxylic acid groups (broad SMARTS) is 1. The Bertz CT molecular complexity index is 651. The molecule has 3 rings (SSSR count). The van der Waals surface area contributed by atoms with Gasteiger partial charge in [0, 0.05) is 32.6 Å². The zero-order chi connectivity index (χ0) is 17.8. The maximum absolute atomic E-state index is 12.6. The molecule has 1 aliphatic carbocycles. The predicted molar refractivity (Wildman–Crippen MR) is 95.0 cm³/mol. The van der Waals surface area contributed by atoms with Crippen LogP contribution in [0.5, 0.6) is 0 Å². The number of carboxylic acids is 1. The van der Waals surface area contributed by atoms with Gasteiger partial charge in [0.1, 0.15) is 4.88 Å². The molecule has 6 nitrogen and oxygen atoms in total. The van der Waals surface area contributed by atoms with E-state index in [1.54, 1.807) is 11.0 Å². The first-order valence-electron chi connectivity index (χ1n) is 8.95. The van der Waals surface area contributed by atoms with Gasteiger partial charge in [0.25, 0.3) is 5.91 Å². The Balaban J connectivity index is 1.55. The molecule has 7 heteroatoms. The van der Waals surface area contributed by atoms with E-state index >= 15 is 0 Å². The van der Waals surface area contributed by atoms with Crippen LogP contribution in [0.3, 0.4) is 0 Å². The second kappa shape index (κ2) is 7.99. The van der Waals surface area contributed by atoms with E-state index < -0.39 is 5.97 Å². The summed E-state index contributed by atoms with van der Waals surface area (Å²) in [7, 11) is 0. The minimum Gasteiger partial charge on any atom is -0.477 e. The molecule has 1 saturated heterocycles. The van der Waals surface area contributed by atoms with Gasteiger partial charge in [-0.2, -0.15) is 0 Å². The average molecular weight is 364 g/mol. The third-order valence-electron chi connectivity index (χ3n) is 5.10. The summed E-state index contributed by atoms with van der Waals surface area (Å²) in [6.07, 6.45) is 6.20. The van der Waals surface area contributed by atoms with Crippen LogP contribution < -0.4 is 0 Å². The van der Waals surface area contributed by atoms with E-state index in [0.717, 1.165) is 30.6 Å². The highest BCUT2D eigenvalue weighted by Crippen LogP contribution is 2.28. The molecule has 2 heterocycles. The fraction of sp³-hybridized carbons (Fsp3) is 0.611. The number of nitrogens with zero attached hydrogens (tertiary/aromatic N) is 2. The summed E-state index contributed by atoms with van der Waals surface area (Å²) in [5.74, 6) is -0.397. The molecule has 1 aromatic rings. The average Bonchev–Trinajstić information content (AvgIpc) is 3.21. The highest BCUT2D eigenvalue weighted by Gasteiger charge is 2.26. The van der Waals surface area contributed by atoms with Crippen LogP contribution in [0.15, 0.2) is 12.1 Å². The molecule has 0 spiro atoms. The Morgan fingerprint density at radius 2 is 1.60 bits per heavy atom. The molecule has 0 unspecified atom stereocenters. The quantitative estimate of drug-likeness (QED) is 0.891. The zero-order valence-electron chi connectivity index (χ0n) is 14.3. The highest BCUT2D eigenvalue weighted by molar-refractivity contribution is 7.15. The van der Waals surface area contributed by atoms with Gasteiger partial charge in [0.05, 0.1) is 4.88 Å². The zero-order valence-corrected chi connectivity index (χ0v) is 15.1. The van der Waals surface area contributed by atoms with E-state index in [0.29, 0.717) is 43.4 Å². The van der Waals surface area contributed by atoms with Gasteiger partial charge in [-0.05, 0) is 37.3 Å². The number of thiophene rings is 1. The second-order valence-electron chi connectivity index (χ2n) is 6.85. The highest BCUT2D eigenvalue weighted by atomic mass is 32.1. The lowest BCUT2D eigenvalue weighted by atomic mass is 10.0. The molecule has 1 aliphatic heterocycles. The van der Waals surface area contributed by atoms with Crippen LogP contribution in [-0.2, 0) is 4.79 Å². The third kappa shape index (κ3) is 4.39. The molecule has 1 aromatic heterocycles. The van der Waals surface area contributed by atoms with E-state index in [-0.39, 0.29) is 16.7 Å². The maximum atomic E-state index is 12.6. The lowest BCUT2D eigenvalue weighted by Crippen LogP contribution is -2.37. The van der Waals surface area contributed by atoms with Gasteiger partial charge in [0.2, 0.25) is 5.91 Å². The van der Waals surface area contributed by atoms with Crippen molar-refractivity contribution in [3.05, 3.63) is 21.9 Å². The Morgan fingerprint density at radius 1 is 0.960 bits per heavy atom. The smallest absolute Gasteiger partial charge is 0.345 e. The minimum absolute atomic E-state index is 0.136. The topological polar surface area (TPSA) is 77.9 Å². The number of aromatic carboxylic acids is 1. The van der Waals surface area contributed by atoms with Crippen molar-refractivity contribution < 1.29 is 19.5 Å². The third-order valence-corrected chi connectivity index (χ3v) is 6.16. The number of carbonyl (C=O) groups excluding carboxylic acids is 2. The molecule has 2 aliphatic rings. The molecule has 2 fully saturated rings. The van der Waals surface area contributed by atoms with Crippen LogP contribution in [0.1, 0.15) is 57.9 Å². The van der Waals surface area contributed by atoms with Gasteiger partial charge >= 0.3 is 5.97 Å². The van der Waals surface area contributed by atoms with Crippen molar-refractivity contribution in [1.82, 2.24) is 9.80 Å². The Hall–Kier alpha value is -1.89. The Morgan fingerprint density at radius 3 is 2.28 bits per heavy atom. The van der Waals surface area contributed by atoms with Crippen molar-refractivity contribution in [2.45, 2.75) is 38.5 Å². The second-order valence-corrected chi connectivity index (χ2v) is 7.93. The number of amides is 2. The first kappa shape index (κ1) is 17.9. The predicted octanol–water partition coefficient (Wildman–Crippen LogP) is 2.70. The van der Waals surface area contributed by atoms with Crippen LogP contribution in [0.2, 0.25) is 0 Å². The van der Waals surface area contributed by atoms with E-state index in [2.05, 4.69) is 0 Å². The summed E-state index contributed by atoms with van der Waals surface area (Å²) in [6.45, 7) is 2.37. The molecule has 0 aromatic carbocycles. The SMILES string of the molecule is O=C(O)c1ccc(C(=O)N2CCCN(C(=O)CC3CCCC3)CC2)s1. The molecule has 1 N–H and O–H groups in total. The lowest BCUT2D eigenvalue weighted by Gasteiger charge is -2.23. The van der Waals surface area contributed by atoms with Crippen molar-refractivity contribution >= 4 is 29.1 Å². The van der Waals surface area contributed by atoms with Crippen molar-refractivity contribution in [3.63, 3.8) is 0 Å². The molecule has 0 atom stereocenters. The molecular formula is C18H24N2O4S. The van der Waals surface area contributed by atoms with Gasteiger partial charge in [-0.3, -0.25) is 9.59 Å². The number of hydrogen-bond acceptors (Lipinski definition) is 4. The summed E-state index contributed by atoms with van der Waals surface area (Å²) < 4.78 is 0. The lowest BCUT2D eigenvalue weighted by molar-refractivity contribution is -0.132. The van der Waals surface area contributed by atoms with E-state index in [1.165, 1.54) is 18.9 Å². The Kier molecular flexibility index (Phi) is 5.73. The van der Waals surface area contributed by atoms with Gasteiger partial charge in [0.15, 0.2) is 0 Å². The summed E-state index contributed by atoms with van der Waals surface area (Å²) in [5, 5.41) is 8.99. The van der Waals surface area contributed by atoms with Crippen LogP contribution in [-0.4, -0.2) is 58.9 Å². The normalized spacial score (nSPS) is 19.0. The van der Waals surface area contributed by atoms with Crippen LogP contribution in [0, 0.1) is 5.92 Å². The van der Waals surface area contributed by atoms with E-state index in [4.69, 9.17) is 5.11 Å². The molecule has 0 bridgehead atoms. The van der Waals surface area contributed by atoms with E-state index in [1.807, 2.05) is 4.90 Å². The van der Waals surface area contributed by atoms with Crippen molar-refractivity contribution in [3.8, 4) is 0 Å². The molecule has 1 saturated carbocycles. The van der Waals surface area contributed by atoms with Crippen LogP contribution in [0.25, 0.3) is 0 Å². The molecule has 25 heavy (non-hydrogen) atoms. The van der Waals surface area contributed by atoms with Crippen molar-refractivity contribution in [1.29, 1.82) is 0 Å². The van der Waals surface area contributed by atoms with Gasteiger partial charge in [-0.1, -0.05) is 12.8 Å².